The number of thioether (sulfide) groups is 1. The number of amides is 1. The van der Waals surface area contributed by atoms with Crippen LogP contribution in [0.5, 0.6) is 0 Å². The Balaban J connectivity index is 1.46. The third kappa shape index (κ3) is 3.90. The third-order valence-electron chi connectivity index (χ3n) is 4.85. The van der Waals surface area contributed by atoms with E-state index in [4.69, 9.17) is 11.6 Å². The normalized spacial score (nSPS) is 15.6. The molecule has 1 aliphatic heterocycles. The van der Waals surface area contributed by atoms with Crippen molar-refractivity contribution < 1.29 is 4.79 Å². The Morgan fingerprint density at radius 1 is 1.04 bits per heavy atom. The second-order valence-electron chi connectivity index (χ2n) is 6.80. The topological polar surface area (TPSA) is 20.3 Å². The lowest BCUT2D eigenvalue weighted by Gasteiger charge is -2.23. The van der Waals surface area contributed by atoms with E-state index in [2.05, 4.69) is 13.0 Å². The van der Waals surface area contributed by atoms with Gasteiger partial charge in [0.2, 0.25) is 0 Å². The van der Waals surface area contributed by atoms with Gasteiger partial charge in [-0.05, 0) is 66.9 Å². The molecule has 2 nitrogen and oxygen atoms in total. The van der Waals surface area contributed by atoms with Crippen molar-refractivity contribution in [1.29, 1.82) is 0 Å². The van der Waals surface area contributed by atoms with Gasteiger partial charge in [0, 0.05) is 33.0 Å². The summed E-state index contributed by atoms with van der Waals surface area (Å²) in [6.45, 7) is 2.11. The van der Waals surface area contributed by atoms with E-state index < -0.39 is 0 Å². The Morgan fingerprint density at radius 2 is 1.74 bits per heavy atom. The van der Waals surface area contributed by atoms with E-state index in [1.807, 2.05) is 71.6 Å². The molecule has 0 saturated carbocycles. The van der Waals surface area contributed by atoms with Gasteiger partial charge in [0.05, 0.1) is 0 Å². The van der Waals surface area contributed by atoms with Crippen molar-refractivity contribution in [3.63, 3.8) is 0 Å². The molecule has 1 atom stereocenters. The summed E-state index contributed by atoms with van der Waals surface area (Å²) in [6.07, 6.45) is 0.914. The Labute approximate surface area is 169 Å². The Morgan fingerprint density at radius 3 is 2.48 bits per heavy atom. The van der Waals surface area contributed by atoms with E-state index in [0.29, 0.717) is 0 Å². The highest BCUT2D eigenvalue weighted by molar-refractivity contribution is 7.98. The molecule has 0 bridgehead atoms. The van der Waals surface area contributed by atoms with Gasteiger partial charge in [0.1, 0.15) is 0 Å². The second-order valence-corrected chi connectivity index (χ2v) is 8.28. The van der Waals surface area contributed by atoms with Crippen LogP contribution >= 0.6 is 23.4 Å². The standard InChI is InChI=1S/C23H20ClNOS/c1-16-14-19-4-2-3-5-22(19)25(16)23(26)18-8-6-17(7-9-18)15-27-21-12-10-20(24)11-13-21/h2-13,16H,14-15H2,1H3. The van der Waals surface area contributed by atoms with Gasteiger partial charge in [-0.15, -0.1) is 11.8 Å². The summed E-state index contributed by atoms with van der Waals surface area (Å²) in [4.78, 5) is 16.2. The summed E-state index contributed by atoms with van der Waals surface area (Å²) >= 11 is 7.69. The molecule has 1 amide bonds. The summed E-state index contributed by atoms with van der Waals surface area (Å²) in [5.74, 6) is 0.934. The Kier molecular flexibility index (Phi) is 5.24. The van der Waals surface area contributed by atoms with Crippen molar-refractivity contribution in [3.05, 3.63) is 94.5 Å². The minimum atomic E-state index is 0.0735. The molecule has 1 unspecified atom stereocenters. The molecule has 0 saturated heterocycles. The lowest BCUT2D eigenvalue weighted by Crippen LogP contribution is -2.35. The van der Waals surface area contributed by atoms with Crippen molar-refractivity contribution in [2.75, 3.05) is 4.90 Å². The van der Waals surface area contributed by atoms with Crippen LogP contribution in [0, 0.1) is 0 Å². The molecule has 0 spiro atoms. The number of hydrogen-bond acceptors (Lipinski definition) is 2. The van der Waals surface area contributed by atoms with Crippen molar-refractivity contribution in [3.8, 4) is 0 Å². The van der Waals surface area contributed by atoms with Gasteiger partial charge in [-0.25, -0.2) is 0 Å². The van der Waals surface area contributed by atoms with Gasteiger partial charge in [-0.1, -0.05) is 41.9 Å². The number of carbonyl (C=O) groups excluding carboxylic acids is 1. The van der Waals surface area contributed by atoms with Crippen LogP contribution in [-0.2, 0) is 12.2 Å². The number of halogens is 1. The maximum atomic E-state index is 13.1. The summed E-state index contributed by atoms with van der Waals surface area (Å²) in [5, 5.41) is 0.750. The first-order valence-electron chi connectivity index (χ1n) is 9.00. The van der Waals surface area contributed by atoms with Gasteiger partial charge in [0.25, 0.3) is 5.91 Å². The number of benzene rings is 3. The minimum absolute atomic E-state index is 0.0735. The number of para-hydroxylation sites is 1. The lowest BCUT2D eigenvalue weighted by molar-refractivity contribution is 0.0981. The summed E-state index contributed by atoms with van der Waals surface area (Å²) in [5.41, 5.74) is 4.21. The highest BCUT2D eigenvalue weighted by Gasteiger charge is 2.31. The van der Waals surface area contributed by atoms with E-state index in [9.17, 15) is 4.79 Å². The minimum Gasteiger partial charge on any atom is -0.305 e. The fourth-order valence-corrected chi connectivity index (χ4v) is 4.44. The van der Waals surface area contributed by atoms with Crippen molar-refractivity contribution >= 4 is 35.0 Å². The summed E-state index contributed by atoms with van der Waals surface area (Å²) in [7, 11) is 0. The van der Waals surface area contributed by atoms with Crippen LogP contribution in [0.3, 0.4) is 0 Å². The second kappa shape index (κ2) is 7.79. The van der Waals surface area contributed by atoms with E-state index in [0.717, 1.165) is 28.4 Å². The highest BCUT2D eigenvalue weighted by Crippen LogP contribution is 2.33. The molecule has 0 fully saturated rings. The van der Waals surface area contributed by atoms with Crippen LogP contribution in [0.15, 0.2) is 77.7 Å². The largest absolute Gasteiger partial charge is 0.305 e. The molecular formula is C23H20ClNOS. The average molecular weight is 394 g/mol. The van der Waals surface area contributed by atoms with Crippen LogP contribution in [0.2, 0.25) is 5.02 Å². The average Bonchev–Trinajstić information content (AvgIpc) is 3.03. The molecule has 1 heterocycles. The van der Waals surface area contributed by atoms with E-state index >= 15 is 0 Å². The maximum Gasteiger partial charge on any atom is 0.258 e. The molecule has 1 aliphatic rings. The number of hydrogen-bond donors (Lipinski definition) is 0. The number of fused-ring (bicyclic) bond motifs is 1. The van der Waals surface area contributed by atoms with E-state index in [-0.39, 0.29) is 11.9 Å². The van der Waals surface area contributed by atoms with Crippen LogP contribution in [0.4, 0.5) is 5.69 Å². The smallest absolute Gasteiger partial charge is 0.258 e. The SMILES string of the molecule is CC1Cc2ccccc2N1C(=O)c1ccc(CSc2ccc(Cl)cc2)cc1. The van der Waals surface area contributed by atoms with Crippen molar-refractivity contribution in [2.24, 2.45) is 0 Å². The van der Waals surface area contributed by atoms with Crippen LogP contribution in [-0.4, -0.2) is 11.9 Å². The van der Waals surface area contributed by atoms with Gasteiger partial charge in [-0.3, -0.25) is 4.79 Å². The molecule has 0 radical (unpaired) electrons. The molecule has 0 aromatic heterocycles. The first kappa shape index (κ1) is 18.1. The molecule has 4 rings (SSSR count). The van der Waals surface area contributed by atoms with E-state index in [1.54, 1.807) is 11.8 Å². The molecule has 27 heavy (non-hydrogen) atoms. The number of anilines is 1. The Bertz CT molecular complexity index is 953. The monoisotopic (exact) mass is 393 g/mol. The van der Waals surface area contributed by atoms with Gasteiger partial charge >= 0.3 is 0 Å². The van der Waals surface area contributed by atoms with Crippen molar-refractivity contribution in [1.82, 2.24) is 0 Å². The lowest BCUT2D eigenvalue weighted by atomic mass is 10.1. The first-order chi connectivity index (χ1) is 13.1. The Hall–Kier alpha value is -2.23. The predicted octanol–water partition coefficient (Wildman–Crippen LogP) is 6.22. The molecule has 4 heteroatoms. The molecular weight excluding hydrogens is 374 g/mol. The highest BCUT2D eigenvalue weighted by atomic mass is 35.5. The van der Waals surface area contributed by atoms with E-state index in [1.165, 1.54) is 16.0 Å². The fourth-order valence-electron chi connectivity index (χ4n) is 3.46. The zero-order chi connectivity index (χ0) is 18.8. The quantitative estimate of drug-likeness (QED) is 0.490. The van der Waals surface area contributed by atoms with Crippen LogP contribution < -0.4 is 4.90 Å². The summed E-state index contributed by atoms with van der Waals surface area (Å²) < 4.78 is 0. The molecule has 3 aromatic carbocycles. The van der Waals surface area contributed by atoms with Gasteiger partial charge in [0.15, 0.2) is 0 Å². The van der Waals surface area contributed by atoms with Crippen LogP contribution in [0.1, 0.15) is 28.4 Å². The van der Waals surface area contributed by atoms with Gasteiger partial charge < -0.3 is 4.90 Å². The predicted molar refractivity (Wildman–Crippen MR) is 114 cm³/mol. The maximum absolute atomic E-state index is 13.1. The molecule has 3 aromatic rings. The first-order valence-corrected chi connectivity index (χ1v) is 10.4. The molecule has 0 aliphatic carbocycles. The molecule has 0 N–H and O–H groups in total. The van der Waals surface area contributed by atoms with Gasteiger partial charge in [-0.2, -0.15) is 0 Å². The summed E-state index contributed by atoms with van der Waals surface area (Å²) in [6, 6.07) is 24.2. The third-order valence-corrected chi connectivity index (χ3v) is 6.18. The zero-order valence-corrected chi connectivity index (χ0v) is 16.6. The fraction of sp³-hybridized carbons (Fsp3) is 0.174. The number of carbonyl (C=O) groups is 1. The number of nitrogens with zero attached hydrogens (tertiary/aromatic N) is 1. The van der Waals surface area contributed by atoms with Crippen molar-refractivity contribution in [2.45, 2.75) is 30.0 Å². The number of rotatable bonds is 4. The molecule has 136 valence electrons. The van der Waals surface area contributed by atoms with Crippen LogP contribution in [0.25, 0.3) is 0 Å². The zero-order valence-electron chi connectivity index (χ0n) is 15.1.